The highest BCUT2D eigenvalue weighted by Gasteiger charge is 2.48. The molecule has 2 heterocycles. The summed E-state index contributed by atoms with van der Waals surface area (Å²) < 4.78 is 29.7. The molecule has 0 bridgehead atoms. The fraction of sp³-hybridized carbons (Fsp3) is 0.514. The molecule has 6 nitrogen and oxygen atoms in total. The van der Waals surface area contributed by atoms with E-state index in [-0.39, 0.29) is 18.4 Å². The van der Waals surface area contributed by atoms with Crippen LogP contribution in [0, 0.1) is 23.7 Å². The Morgan fingerprint density at radius 1 is 0.977 bits per heavy atom. The molecule has 1 saturated carbocycles. The van der Waals surface area contributed by atoms with E-state index < -0.39 is 0 Å². The van der Waals surface area contributed by atoms with Crippen molar-refractivity contribution in [3.05, 3.63) is 53.6 Å². The quantitative estimate of drug-likeness (QED) is 0.271. The number of methoxy groups -OCH3 is 3. The number of ether oxygens (including phenoxy) is 5. The van der Waals surface area contributed by atoms with E-state index in [4.69, 9.17) is 23.7 Å². The van der Waals surface area contributed by atoms with Crippen LogP contribution in [0.2, 0.25) is 0 Å². The SMILES string of the molecule is COc1ccc2c(c1OC)[C@@H](CC1=C[C@H]3[C@@H](CC1)[C@@](C)(OC)CC[C@H]3C(C)C)N(C)c1c-2ccc2cc3c(cc12)OCO3. The highest BCUT2D eigenvalue weighted by Crippen LogP contribution is 2.57. The highest BCUT2D eigenvalue weighted by molar-refractivity contribution is 6.05. The van der Waals surface area contributed by atoms with Crippen molar-refractivity contribution in [2.75, 3.05) is 40.1 Å². The van der Waals surface area contributed by atoms with E-state index in [9.17, 15) is 0 Å². The van der Waals surface area contributed by atoms with Crippen molar-refractivity contribution in [2.45, 2.75) is 64.5 Å². The predicted octanol–water partition coefficient (Wildman–Crippen LogP) is 8.56. The summed E-state index contributed by atoms with van der Waals surface area (Å²) in [4.78, 5) is 2.47. The summed E-state index contributed by atoms with van der Waals surface area (Å²) in [5, 5.41) is 2.33. The van der Waals surface area contributed by atoms with Crippen LogP contribution in [0.4, 0.5) is 5.69 Å². The van der Waals surface area contributed by atoms with Crippen molar-refractivity contribution in [2.24, 2.45) is 23.7 Å². The highest BCUT2D eigenvalue weighted by atomic mass is 16.7. The number of fused-ring (bicyclic) bond motifs is 7. The minimum atomic E-state index is -0.0488. The van der Waals surface area contributed by atoms with Gasteiger partial charge in [0.05, 0.1) is 31.5 Å². The van der Waals surface area contributed by atoms with E-state index in [1.807, 2.05) is 13.2 Å². The molecule has 0 saturated heterocycles. The topological polar surface area (TPSA) is 49.4 Å². The van der Waals surface area contributed by atoms with Gasteiger partial charge in [-0.05, 0) is 97.9 Å². The molecule has 0 spiro atoms. The Morgan fingerprint density at radius 2 is 1.74 bits per heavy atom. The number of rotatable bonds is 6. The normalized spacial score (nSPS) is 27.4. The van der Waals surface area contributed by atoms with Crippen molar-refractivity contribution in [1.82, 2.24) is 0 Å². The average molecular weight is 584 g/mol. The zero-order valence-corrected chi connectivity index (χ0v) is 26.7. The van der Waals surface area contributed by atoms with Gasteiger partial charge in [0.15, 0.2) is 23.0 Å². The van der Waals surface area contributed by atoms with E-state index >= 15 is 0 Å². The first-order valence-corrected chi connectivity index (χ1v) is 15.9. The van der Waals surface area contributed by atoms with Gasteiger partial charge in [0, 0.05) is 30.7 Å². The maximum Gasteiger partial charge on any atom is 0.231 e. The number of hydrogen-bond donors (Lipinski definition) is 0. The zero-order chi connectivity index (χ0) is 30.0. The van der Waals surface area contributed by atoms with Crippen molar-refractivity contribution in [3.8, 4) is 34.1 Å². The second-order valence-electron chi connectivity index (χ2n) is 13.5. The summed E-state index contributed by atoms with van der Waals surface area (Å²) in [5.74, 6) is 5.65. The molecule has 2 aliphatic carbocycles. The van der Waals surface area contributed by atoms with Crippen LogP contribution in [0.3, 0.4) is 0 Å². The van der Waals surface area contributed by atoms with Crippen LogP contribution >= 0.6 is 0 Å². The maximum atomic E-state index is 6.21. The Kier molecular flexibility index (Phi) is 7.04. The molecule has 0 aromatic heterocycles. The van der Waals surface area contributed by atoms with Gasteiger partial charge in [0.1, 0.15) is 0 Å². The first-order valence-electron chi connectivity index (χ1n) is 15.9. The third-order valence-corrected chi connectivity index (χ3v) is 11.2. The molecule has 7 rings (SSSR count). The van der Waals surface area contributed by atoms with Gasteiger partial charge in [-0.2, -0.15) is 0 Å². The summed E-state index contributed by atoms with van der Waals surface area (Å²) in [5.41, 5.74) is 6.31. The Balaban J connectivity index is 1.36. The Labute approximate surface area is 255 Å². The third-order valence-electron chi connectivity index (χ3n) is 11.2. The summed E-state index contributed by atoms with van der Waals surface area (Å²) in [7, 11) is 7.63. The van der Waals surface area contributed by atoms with Crippen LogP contribution in [0.15, 0.2) is 48.0 Å². The van der Waals surface area contributed by atoms with Gasteiger partial charge in [-0.25, -0.2) is 0 Å². The standard InChI is InChI=1S/C37H45NO5/c1-21(2)24-14-15-37(3,41-7)29-12-8-22(16-28(24)29)17-30-34-25(11-13-31(39-5)36(34)40-6)26-10-9-23-18-32-33(43-20-42-32)19-27(23)35(26)38(30)4/h9-11,13,16,18-19,21,24,28-30H,8,12,14-15,17,20H2,1-7H3/t24-,28+,29+,30+,37-/m0/s1. The second-order valence-corrected chi connectivity index (χ2v) is 13.5. The zero-order valence-electron chi connectivity index (χ0n) is 26.7. The number of hydrogen-bond acceptors (Lipinski definition) is 6. The van der Waals surface area contributed by atoms with Gasteiger partial charge < -0.3 is 28.6 Å². The number of nitrogens with zero attached hydrogens (tertiary/aromatic N) is 1. The van der Waals surface area contributed by atoms with Crippen LogP contribution in [-0.2, 0) is 4.74 Å². The van der Waals surface area contributed by atoms with Gasteiger partial charge in [-0.1, -0.05) is 37.6 Å². The van der Waals surface area contributed by atoms with Gasteiger partial charge >= 0.3 is 0 Å². The van der Waals surface area contributed by atoms with Crippen LogP contribution in [0.25, 0.3) is 21.9 Å². The lowest BCUT2D eigenvalue weighted by atomic mass is 9.58. The molecule has 1 fully saturated rings. The number of benzene rings is 3. The van der Waals surface area contributed by atoms with Crippen molar-refractivity contribution >= 4 is 16.5 Å². The minimum absolute atomic E-state index is 0.0488. The van der Waals surface area contributed by atoms with Crippen molar-refractivity contribution in [3.63, 3.8) is 0 Å². The molecule has 0 amide bonds. The van der Waals surface area contributed by atoms with Crippen LogP contribution in [0.1, 0.15) is 64.5 Å². The first kappa shape index (κ1) is 28.4. The predicted molar refractivity (Wildman–Crippen MR) is 172 cm³/mol. The molecule has 4 aliphatic rings. The van der Waals surface area contributed by atoms with E-state index in [0.717, 1.165) is 47.6 Å². The van der Waals surface area contributed by atoms with E-state index in [0.29, 0.717) is 23.7 Å². The Morgan fingerprint density at radius 3 is 2.47 bits per heavy atom. The van der Waals surface area contributed by atoms with E-state index in [2.05, 4.69) is 69.1 Å². The maximum absolute atomic E-state index is 6.21. The summed E-state index contributed by atoms with van der Waals surface area (Å²) in [6.07, 6.45) is 8.23. The monoisotopic (exact) mass is 583 g/mol. The van der Waals surface area contributed by atoms with Crippen molar-refractivity contribution < 1.29 is 23.7 Å². The van der Waals surface area contributed by atoms with Crippen LogP contribution in [-0.4, -0.2) is 40.8 Å². The molecule has 6 heteroatoms. The molecule has 0 N–H and O–H groups in total. The molecule has 0 radical (unpaired) electrons. The molecule has 3 aromatic carbocycles. The number of allylic oxidation sites excluding steroid dienone is 1. The van der Waals surface area contributed by atoms with Gasteiger partial charge in [-0.3, -0.25) is 0 Å². The van der Waals surface area contributed by atoms with Crippen LogP contribution < -0.4 is 23.8 Å². The minimum Gasteiger partial charge on any atom is -0.493 e. The lowest BCUT2D eigenvalue weighted by molar-refractivity contribution is -0.108. The Hall–Kier alpha value is -3.38. The fourth-order valence-electron chi connectivity index (χ4n) is 8.82. The van der Waals surface area contributed by atoms with E-state index in [1.165, 1.54) is 40.6 Å². The largest absolute Gasteiger partial charge is 0.493 e. The smallest absolute Gasteiger partial charge is 0.231 e. The van der Waals surface area contributed by atoms with Gasteiger partial charge in [0.25, 0.3) is 0 Å². The molecule has 0 unspecified atom stereocenters. The molecule has 43 heavy (non-hydrogen) atoms. The molecular weight excluding hydrogens is 538 g/mol. The molecule has 228 valence electrons. The Bertz CT molecular complexity index is 1590. The van der Waals surface area contributed by atoms with E-state index in [1.54, 1.807) is 19.8 Å². The van der Waals surface area contributed by atoms with Crippen molar-refractivity contribution in [1.29, 1.82) is 0 Å². The molecule has 3 aromatic rings. The fourth-order valence-corrected chi connectivity index (χ4v) is 8.82. The third kappa shape index (κ3) is 4.39. The summed E-state index contributed by atoms with van der Waals surface area (Å²) in [6, 6.07) is 13.0. The first-order chi connectivity index (χ1) is 20.8. The summed E-state index contributed by atoms with van der Waals surface area (Å²) >= 11 is 0. The van der Waals surface area contributed by atoms with Crippen LogP contribution in [0.5, 0.6) is 23.0 Å². The second kappa shape index (κ2) is 10.7. The van der Waals surface area contributed by atoms with Gasteiger partial charge in [-0.15, -0.1) is 0 Å². The lowest BCUT2D eigenvalue weighted by Crippen LogP contribution is -2.49. The number of anilines is 1. The summed E-state index contributed by atoms with van der Waals surface area (Å²) in [6.45, 7) is 7.40. The molecule has 2 aliphatic heterocycles. The lowest BCUT2D eigenvalue weighted by Gasteiger charge is -2.51. The average Bonchev–Trinajstić information content (AvgIpc) is 3.48. The molecular formula is C37H45NO5. The van der Waals surface area contributed by atoms with Gasteiger partial charge in [0.2, 0.25) is 6.79 Å². The molecule has 5 atom stereocenters.